The van der Waals surface area contributed by atoms with E-state index in [1.54, 1.807) is 0 Å². The van der Waals surface area contributed by atoms with Gasteiger partial charge in [-0.25, -0.2) is 0 Å². The molecular formula is C10H26O4Si2. The van der Waals surface area contributed by atoms with E-state index in [2.05, 4.69) is 19.6 Å². The maximum atomic E-state index is 5.88. The summed E-state index contributed by atoms with van der Waals surface area (Å²) in [5.41, 5.74) is 0. The second-order valence-corrected chi connectivity index (χ2v) is 11.4. The number of hydrogen-bond donors (Lipinski definition) is 0. The van der Waals surface area contributed by atoms with Gasteiger partial charge in [-0.2, -0.15) is 0 Å². The molecule has 0 unspecified atom stereocenters. The van der Waals surface area contributed by atoms with E-state index < -0.39 is 17.1 Å². The van der Waals surface area contributed by atoms with Gasteiger partial charge in [-0.3, -0.25) is 0 Å². The molecule has 0 aliphatic rings. The van der Waals surface area contributed by atoms with Crippen molar-refractivity contribution >= 4 is 17.1 Å². The molecule has 98 valence electrons. The lowest BCUT2D eigenvalue weighted by molar-refractivity contribution is 0.0530. The van der Waals surface area contributed by atoms with Gasteiger partial charge in [0.1, 0.15) is 6.23 Å². The van der Waals surface area contributed by atoms with Gasteiger partial charge in [0.2, 0.25) is 0 Å². The highest BCUT2D eigenvalue weighted by Gasteiger charge is 2.42. The predicted octanol–water partition coefficient (Wildman–Crippen LogP) is 2.43. The van der Waals surface area contributed by atoms with Crippen LogP contribution in [0, 0.1) is 0 Å². The summed E-state index contributed by atoms with van der Waals surface area (Å²) in [5, 5.41) is 0. The molecule has 0 aliphatic carbocycles. The van der Waals surface area contributed by atoms with Crippen LogP contribution in [0.3, 0.4) is 0 Å². The molecule has 0 saturated heterocycles. The van der Waals surface area contributed by atoms with Gasteiger partial charge in [0.15, 0.2) is 8.32 Å². The van der Waals surface area contributed by atoms with E-state index >= 15 is 0 Å². The first kappa shape index (κ1) is 16.3. The average molecular weight is 266 g/mol. The third-order valence-electron chi connectivity index (χ3n) is 1.77. The summed E-state index contributed by atoms with van der Waals surface area (Å²) in [6.45, 7) is 14.1. The first-order chi connectivity index (χ1) is 7.39. The molecule has 0 bridgehead atoms. The molecule has 0 saturated carbocycles. The van der Waals surface area contributed by atoms with Crippen LogP contribution in [0.5, 0.6) is 0 Å². The van der Waals surface area contributed by atoms with Gasteiger partial charge < -0.3 is 17.7 Å². The van der Waals surface area contributed by atoms with Crippen LogP contribution in [-0.2, 0) is 17.7 Å². The summed E-state index contributed by atoms with van der Waals surface area (Å²) in [4.78, 5) is 0. The highest BCUT2D eigenvalue weighted by atomic mass is 28.4. The third-order valence-corrected chi connectivity index (χ3v) is 5.76. The summed E-state index contributed by atoms with van der Waals surface area (Å²) in [6.07, 6.45) is 0.470. The van der Waals surface area contributed by atoms with Crippen LogP contribution in [0.1, 0.15) is 20.8 Å². The second-order valence-electron chi connectivity index (χ2n) is 4.38. The van der Waals surface area contributed by atoms with E-state index in [9.17, 15) is 0 Å². The van der Waals surface area contributed by atoms with Gasteiger partial charge in [-0.15, -0.1) is 0 Å². The van der Waals surface area contributed by atoms with Crippen molar-refractivity contribution in [3.05, 3.63) is 0 Å². The van der Waals surface area contributed by atoms with Crippen LogP contribution in [0.4, 0.5) is 0 Å². The minimum atomic E-state index is -2.59. The maximum Gasteiger partial charge on any atom is 0.526 e. The molecule has 0 aromatic carbocycles. The maximum absolute atomic E-state index is 5.88. The molecule has 4 nitrogen and oxygen atoms in total. The van der Waals surface area contributed by atoms with Gasteiger partial charge in [-0.05, 0) is 40.4 Å². The van der Waals surface area contributed by atoms with E-state index in [1.807, 2.05) is 20.8 Å². The van der Waals surface area contributed by atoms with Crippen LogP contribution in [0.2, 0.25) is 19.6 Å². The molecular weight excluding hydrogens is 240 g/mol. The first-order valence-electron chi connectivity index (χ1n) is 5.95. The average Bonchev–Trinajstić information content (AvgIpc) is 2.15. The standard InChI is InChI=1S/C10H26O4Si2/c1-7-11-16(12-8-2,13-9-3)10-14-15(4,5)6/h7-10H2,1-6H3. The Morgan fingerprint density at radius 3 is 1.31 bits per heavy atom. The molecule has 0 fully saturated rings. The molecule has 0 rings (SSSR count). The molecule has 6 heteroatoms. The monoisotopic (exact) mass is 266 g/mol. The van der Waals surface area contributed by atoms with Crippen molar-refractivity contribution in [3.8, 4) is 0 Å². The van der Waals surface area contributed by atoms with Crippen molar-refractivity contribution in [3.63, 3.8) is 0 Å². The molecule has 0 spiro atoms. The molecule has 0 heterocycles. The van der Waals surface area contributed by atoms with Gasteiger partial charge >= 0.3 is 8.80 Å². The lowest BCUT2D eigenvalue weighted by atomic mass is 10.9. The fourth-order valence-corrected chi connectivity index (χ4v) is 5.47. The fourth-order valence-electron chi connectivity index (χ4n) is 1.21. The van der Waals surface area contributed by atoms with Crippen molar-refractivity contribution in [1.29, 1.82) is 0 Å². The highest BCUT2D eigenvalue weighted by Crippen LogP contribution is 2.14. The Kier molecular flexibility index (Phi) is 7.70. The molecule has 0 radical (unpaired) electrons. The normalized spacial score (nSPS) is 13.1. The highest BCUT2D eigenvalue weighted by molar-refractivity contribution is 6.71. The summed E-state index contributed by atoms with van der Waals surface area (Å²) in [7, 11) is -4.15. The van der Waals surface area contributed by atoms with Crippen LogP contribution in [0.25, 0.3) is 0 Å². The number of rotatable bonds is 9. The second kappa shape index (κ2) is 7.57. The Bertz CT molecular complexity index is 165. The van der Waals surface area contributed by atoms with Crippen LogP contribution in [-0.4, -0.2) is 43.2 Å². The van der Waals surface area contributed by atoms with Gasteiger partial charge in [0, 0.05) is 19.8 Å². The zero-order valence-corrected chi connectivity index (χ0v) is 13.5. The van der Waals surface area contributed by atoms with Crippen molar-refractivity contribution < 1.29 is 17.7 Å². The Morgan fingerprint density at radius 1 is 0.688 bits per heavy atom. The van der Waals surface area contributed by atoms with Crippen LogP contribution < -0.4 is 0 Å². The first-order valence-corrected chi connectivity index (χ1v) is 11.3. The molecule has 0 aliphatic heterocycles. The largest absolute Gasteiger partial charge is 0.526 e. The van der Waals surface area contributed by atoms with Crippen LogP contribution in [0.15, 0.2) is 0 Å². The zero-order valence-electron chi connectivity index (χ0n) is 11.5. The van der Waals surface area contributed by atoms with Gasteiger partial charge in [0.25, 0.3) is 0 Å². The van der Waals surface area contributed by atoms with Crippen molar-refractivity contribution in [2.45, 2.75) is 40.4 Å². The third kappa shape index (κ3) is 6.77. The van der Waals surface area contributed by atoms with Gasteiger partial charge in [-0.1, -0.05) is 0 Å². The molecule has 0 N–H and O–H groups in total. The van der Waals surface area contributed by atoms with E-state index in [4.69, 9.17) is 17.7 Å². The lowest BCUT2D eigenvalue weighted by Crippen LogP contribution is -2.52. The minimum Gasteiger partial charge on any atom is -0.413 e. The van der Waals surface area contributed by atoms with Crippen molar-refractivity contribution in [2.75, 3.05) is 26.1 Å². The number of hydrogen-bond acceptors (Lipinski definition) is 4. The van der Waals surface area contributed by atoms with E-state index in [0.29, 0.717) is 26.1 Å². The summed E-state index contributed by atoms with van der Waals surface area (Å²) >= 11 is 0. The van der Waals surface area contributed by atoms with E-state index in [1.165, 1.54) is 0 Å². The SMILES string of the molecule is CCO[Si](CO[Si](C)(C)C)(OCC)OCC. The lowest BCUT2D eigenvalue weighted by Gasteiger charge is -2.30. The van der Waals surface area contributed by atoms with Gasteiger partial charge in [0.05, 0.1) is 0 Å². The van der Waals surface area contributed by atoms with Crippen molar-refractivity contribution in [1.82, 2.24) is 0 Å². The zero-order chi connectivity index (χ0) is 12.7. The van der Waals surface area contributed by atoms with E-state index in [0.717, 1.165) is 0 Å². The summed E-state index contributed by atoms with van der Waals surface area (Å²) in [6, 6.07) is 0. The predicted molar refractivity (Wildman–Crippen MR) is 69.9 cm³/mol. The Morgan fingerprint density at radius 2 is 1.06 bits per heavy atom. The summed E-state index contributed by atoms with van der Waals surface area (Å²) < 4.78 is 23.0. The van der Waals surface area contributed by atoms with Crippen LogP contribution >= 0.6 is 0 Å². The molecule has 0 aromatic rings. The summed E-state index contributed by atoms with van der Waals surface area (Å²) in [5.74, 6) is 0. The smallest absolute Gasteiger partial charge is 0.413 e. The minimum absolute atomic E-state index is 0.470. The Labute approximate surface area is 102 Å². The van der Waals surface area contributed by atoms with Crippen molar-refractivity contribution in [2.24, 2.45) is 0 Å². The fraction of sp³-hybridized carbons (Fsp3) is 1.00. The Hall–Kier alpha value is 0.274. The molecule has 0 aromatic heterocycles. The topological polar surface area (TPSA) is 36.9 Å². The Balaban J connectivity index is 4.46. The molecule has 0 atom stereocenters. The van der Waals surface area contributed by atoms with E-state index in [-0.39, 0.29) is 0 Å². The molecule has 16 heavy (non-hydrogen) atoms. The quantitative estimate of drug-likeness (QED) is 0.601. The molecule has 0 amide bonds.